The second kappa shape index (κ2) is 16.8. The van der Waals surface area contributed by atoms with Crippen LogP contribution in [0.5, 0.6) is 0 Å². The van der Waals surface area contributed by atoms with E-state index in [0.29, 0.717) is 11.8 Å². The Morgan fingerprint density at radius 3 is 1.12 bits per heavy atom. The lowest BCUT2D eigenvalue weighted by molar-refractivity contribution is 0.446. The van der Waals surface area contributed by atoms with E-state index in [-0.39, 0.29) is 0 Å². The number of nitrogens with zero attached hydrogens (tertiary/aromatic N) is 2. The van der Waals surface area contributed by atoms with Crippen molar-refractivity contribution in [2.75, 3.05) is 9.80 Å². The fourth-order valence-corrected chi connectivity index (χ4v) is 12.1. The Hall–Kier alpha value is -7.36. The summed E-state index contributed by atoms with van der Waals surface area (Å²) >= 11 is 0. The summed E-state index contributed by atoms with van der Waals surface area (Å²) in [5.74, 6) is 0.908. The van der Waals surface area contributed by atoms with Gasteiger partial charge in [0.1, 0.15) is 11.2 Å². The lowest BCUT2D eigenvalue weighted by Crippen LogP contribution is -2.15. The van der Waals surface area contributed by atoms with Crippen LogP contribution in [0.3, 0.4) is 0 Å². The van der Waals surface area contributed by atoms with Gasteiger partial charge in [0.2, 0.25) is 0 Å². The minimum absolute atomic E-state index is 0.454. The topological polar surface area (TPSA) is 19.6 Å². The van der Waals surface area contributed by atoms with Gasteiger partial charge in [0.05, 0.1) is 11.4 Å². The van der Waals surface area contributed by atoms with E-state index < -0.39 is 0 Å². The Kier molecular flexibility index (Phi) is 10.0. The lowest BCUT2D eigenvalue weighted by atomic mass is 9.80. The van der Waals surface area contributed by atoms with Crippen LogP contribution < -0.4 is 9.80 Å². The minimum Gasteiger partial charge on any atom is -0.456 e. The summed E-state index contributed by atoms with van der Waals surface area (Å²) in [5.41, 5.74) is 12.0. The normalized spacial score (nSPS) is 15.0. The predicted octanol–water partition coefficient (Wildman–Crippen LogP) is 19.2. The van der Waals surface area contributed by atoms with E-state index in [9.17, 15) is 0 Å². The van der Waals surface area contributed by atoms with Crippen LogP contribution in [-0.4, -0.2) is 0 Å². The van der Waals surface area contributed by atoms with Crippen molar-refractivity contribution in [3.8, 4) is 0 Å². The van der Waals surface area contributed by atoms with Crippen LogP contribution in [0, 0.1) is 0 Å². The number of hydrogen-bond donors (Lipinski definition) is 0. The molecule has 0 radical (unpaired) electrons. The number of hydrogen-bond acceptors (Lipinski definition) is 3. The molecule has 0 amide bonds. The zero-order chi connectivity index (χ0) is 44.3. The van der Waals surface area contributed by atoms with E-state index in [1.807, 2.05) is 0 Å². The molecule has 0 unspecified atom stereocenters. The molecule has 0 N–H and O–H groups in total. The Bertz CT molecular complexity index is 3380. The summed E-state index contributed by atoms with van der Waals surface area (Å²) in [4.78, 5) is 5.01. The molecule has 0 spiro atoms. The highest BCUT2D eigenvalue weighted by atomic mass is 16.3. The van der Waals surface area contributed by atoms with Gasteiger partial charge >= 0.3 is 0 Å². The first kappa shape index (κ1) is 40.0. The largest absolute Gasteiger partial charge is 0.456 e. The minimum atomic E-state index is 0.454. The van der Waals surface area contributed by atoms with Crippen molar-refractivity contribution in [3.05, 3.63) is 205 Å². The van der Waals surface area contributed by atoms with E-state index in [1.165, 1.54) is 163 Å². The summed E-state index contributed by atoms with van der Waals surface area (Å²) in [6.07, 6.45) is 12.4. The molecule has 3 heteroatoms. The van der Waals surface area contributed by atoms with Crippen LogP contribution in [0.25, 0.3) is 65.0 Å². The Labute approximate surface area is 392 Å². The molecule has 2 aliphatic rings. The number of anilines is 6. The first-order chi connectivity index (χ1) is 33.2. The highest BCUT2D eigenvalue weighted by Crippen LogP contribution is 2.50. The maximum absolute atomic E-state index is 7.16. The molecule has 67 heavy (non-hydrogen) atoms. The van der Waals surface area contributed by atoms with Crippen molar-refractivity contribution in [2.24, 2.45) is 0 Å². The zero-order valence-corrected chi connectivity index (χ0v) is 38.0. The van der Waals surface area contributed by atoms with E-state index >= 15 is 0 Å². The summed E-state index contributed by atoms with van der Waals surface area (Å²) in [7, 11) is 0. The number of fused-ring (bicyclic) bond motifs is 7. The van der Waals surface area contributed by atoms with Gasteiger partial charge in [-0.25, -0.2) is 0 Å². The Morgan fingerprint density at radius 2 is 0.687 bits per heavy atom. The van der Waals surface area contributed by atoms with Crippen molar-refractivity contribution in [1.29, 1.82) is 0 Å². The van der Waals surface area contributed by atoms with Gasteiger partial charge in [-0.3, -0.25) is 0 Å². The molecule has 1 aromatic heterocycles. The highest BCUT2D eigenvalue weighted by molar-refractivity contribution is 6.15. The summed E-state index contributed by atoms with van der Waals surface area (Å²) < 4.78 is 7.16. The monoisotopic (exact) mass is 866 g/mol. The predicted molar refractivity (Wildman–Crippen MR) is 285 cm³/mol. The molecule has 0 saturated heterocycles. The maximum Gasteiger partial charge on any atom is 0.136 e. The van der Waals surface area contributed by atoms with Crippen LogP contribution in [0.15, 0.2) is 199 Å². The average Bonchev–Trinajstić information content (AvgIpc) is 3.74. The van der Waals surface area contributed by atoms with Gasteiger partial charge in [0.15, 0.2) is 0 Å². The van der Waals surface area contributed by atoms with Gasteiger partial charge < -0.3 is 14.2 Å². The van der Waals surface area contributed by atoms with Gasteiger partial charge in [-0.2, -0.15) is 0 Å². The molecule has 2 saturated carbocycles. The molecule has 2 fully saturated rings. The molecule has 0 aliphatic heterocycles. The zero-order valence-electron chi connectivity index (χ0n) is 38.0. The molecule has 0 bridgehead atoms. The van der Waals surface area contributed by atoms with Crippen molar-refractivity contribution in [2.45, 2.75) is 76.0 Å². The van der Waals surface area contributed by atoms with Crippen LogP contribution in [0.1, 0.15) is 87.2 Å². The van der Waals surface area contributed by atoms with E-state index in [1.54, 1.807) is 0 Å². The van der Waals surface area contributed by atoms with Crippen molar-refractivity contribution >= 4 is 99.2 Å². The number of rotatable bonds is 8. The fraction of sp³-hybridized carbons (Fsp3) is 0.188. The lowest BCUT2D eigenvalue weighted by Gasteiger charge is -2.33. The van der Waals surface area contributed by atoms with E-state index in [4.69, 9.17) is 4.42 Å². The third-order valence-corrected chi connectivity index (χ3v) is 15.3. The van der Waals surface area contributed by atoms with Crippen molar-refractivity contribution in [3.63, 3.8) is 0 Å². The number of para-hydroxylation sites is 2. The molecular formula is C64H54N2O. The van der Waals surface area contributed by atoms with E-state index in [0.717, 1.165) is 11.2 Å². The number of benzene rings is 10. The van der Waals surface area contributed by atoms with Crippen LogP contribution in [-0.2, 0) is 0 Å². The standard InChI is InChI=1S/C64H54N2O/c1-5-19-45(20-6-1)63-55-41-61-57(39-49(55)31-35-59(63)65(51-25-9-3-10-26-51)53-33-29-43-17-13-15-23-47(43)37-53)58-40-50-32-36-60(64(46-21-7-2-8-22-46)56(50)42-62(58)67-61)66(52-27-11-4-12-28-52)54-34-30-44-18-14-16-24-48(44)38-54/h3-4,9-18,23-42,45-46H,1-2,5-8,19-22H2. The van der Waals surface area contributed by atoms with Gasteiger partial charge in [-0.05, 0) is 177 Å². The molecule has 2 aliphatic carbocycles. The Balaban J connectivity index is 1.02. The first-order valence-corrected chi connectivity index (χ1v) is 24.8. The molecular weight excluding hydrogens is 813 g/mol. The summed E-state index contributed by atoms with van der Waals surface area (Å²) in [6.45, 7) is 0. The fourth-order valence-electron chi connectivity index (χ4n) is 12.1. The molecule has 10 aromatic carbocycles. The summed E-state index contributed by atoms with van der Waals surface area (Å²) in [6, 6.07) is 72.4. The molecule has 3 nitrogen and oxygen atoms in total. The Morgan fingerprint density at radius 1 is 0.299 bits per heavy atom. The van der Waals surface area contributed by atoms with Gasteiger partial charge in [-0.15, -0.1) is 0 Å². The summed E-state index contributed by atoms with van der Waals surface area (Å²) in [5, 5.41) is 12.5. The van der Waals surface area contributed by atoms with Gasteiger partial charge in [0, 0.05) is 33.5 Å². The van der Waals surface area contributed by atoms with Crippen molar-refractivity contribution < 1.29 is 4.42 Å². The third kappa shape index (κ3) is 7.11. The van der Waals surface area contributed by atoms with E-state index in [2.05, 4.69) is 204 Å². The average molecular weight is 867 g/mol. The highest BCUT2D eigenvalue weighted by Gasteiger charge is 2.29. The third-order valence-electron chi connectivity index (χ3n) is 15.3. The van der Waals surface area contributed by atoms with Crippen molar-refractivity contribution in [1.82, 2.24) is 0 Å². The van der Waals surface area contributed by atoms with Gasteiger partial charge in [0.25, 0.3) is 0 Å². The van der Waals surface area contributed by atoms with Gasteiger partial charge in [-0.1, -0.05) is 148 Å². The van der Waals surface area contributed by atoms with Crippen LogP contribution >= 0.6 is 0 Å². The SMILES string of the molecule is c1ccc(N(c2ccc3ccccc3c2)c2ccc3cc4c(cc3c2C2CCCCC2)oc2cc3c(C5CCCCC5)c(N(c5ccccc5)c5ccc6ccccc6c5)ccc3cc24)cc1. The second-order valence-corrected chi connectivity index (χ2v) is 19.3. The molecule has 0 atom stereocenters. The smallest absolute Gasteiger partial charge is 0.136 e. The van der Waals surface area contributed by atoms with Crippen LogP contribution in [0.2, 0.25) is 0 Å². The first-order valence-electron chi connectivity index (χ1n) is 24.8. The molecule has 13 rings (SSSR count). The molecule has 1 heterocycles. The number of furan rings is 1. The second-order valence-electron chi connectivity index (χ2n) is 19.3. The quantitative estimate of drug-likeness (QED) is 0.152. The molecule has 11 aromatic rings. The molecule has 326 valence electrons. The maximum atomic E-state index is 7.16. The van der Waals surface area contributed by atoms with Crippen LogP contribution in [0.4, 0.5) is 34.1 Å².